The molecule has 0 saturated carbocycles. The normalized spacial score (nSPS) is 10.7. The number of hydrogen-bond donors (Lipinski definition) is 0. The van der Waals surface area contributed by atoms with E-state index in [1.807, 2.05) is 42.9 Å². The molecule has 0 unspecified atom stereocenters. The third kappa shape index (κ3) is 2.25. The van der Waals surface area contributed by atoms with Crippen LogP contribution >= 0.6 is 0 Å². The number of aryl methyl sites for hydroxylation is 1. The van der Waals surface area contributed by atoms with Crippen LogP contribution in [-0.4, -0.2) is 36.1 Å². The minimum absolute atomic E-state index is 0.597. The molecule has 0 aliphatic carbocycles. The average molecular weight is 270 g/mol. The van der Waals surface area contributed by atoms with Crippen LogP contribution in [0.5, 0.6) is 5.88 Å². The molecule has 20 heavy (non-hydrogen) atoms. The Morgan fingerprint density at radius 2 is 2.15 bits per heavy atom. The van der Waals surface area contributed by atoms with Gasteiger partial charge in [-0.15, -0.1) is 5.10 Å². The quantitative estimate of drug-likeness (QED) is 0.719. The molecule has 0 radical (unpaired) electrons. The second-order valence-corrected chi connectivity index (χ2v) is 4.15. The molecule has 0 bridgehead atoms. The van der Waals surface area contributed by atoms with Gasteiger partial charge in [-0.2, -0.15) is 0 Å². The molecule has 0 saturated heterocycles. The maximum atomic E-state index is 5.31. The Balaban J connectivity index is 1.88. The van der Waals surface area contributed by atoms with Crippen molar-refractivity contribution in [3.8, 4) is 17.4 Å². The molecule has 0 spiro atoms. The fourth-order valence-corrected chi connectivity index (χ4v) is 1.85. The van der Waals surface area contributed by atoms with Gasteiger partial charge in [-0.25, -0.2) is 14.6 Å². The molecular formula is C13H14N6O. The second kappa shape index (κ2) is 5.12. The molecule has 0 amide bonds. The van der Waals surface area contributed by atoms with Gasteiger partial charge in [-0.05, 0) is 19.9 Å². The molecule has 3 aromatic rings. The number of nitrogens with zero attached hydrogens (tertiary/aromatic N) is 6. The van der Waals surface area contributed by atoms with Crippen LogP contribution in [0.2, 0.25) is 0 Å². The highest BCUT2D eigenvalue weighted by atomic mass is 16.5. The topological polar surface area (TPSA) is 70.7 Å². The van der Waals surface area contributed by atoms with Crippen molar-refractivity contribution in [3.05, 3.63) is 42.7 Å². The lowest BCUT2D eigenvalue weighted by Gasteiger charge is -2.03. The Morgan fingerprint density at radius 3 is 2.80 bits per heavy atom. The maximum Gasteiger partial charge on any atom is 0.213 e. The first-order valence-electron chi connectivity index (χ1n) is 6.30. The summed E-state index contributed by atoms with van der Waals surface area (Å²) < 4.78 is 8.84. The Kier molecular flexibility index (Phi) is 3.16. The zero-order chi connectivity index (χ0) is 13.9. The smallest absolute Gasteiger partial charge is 0.213 e. The number of aromatic nitrogens is 6. The fourth-order valence-electron chi connectivity index (χ4n) is 1.85. The molecule has 0 atom stereocenters. The van der Waals surface area contributed by atoms with E-state index in [0.29, 0.717) is 18.3 Å². The third-order valence-electron chi connectivity index (χ3n) is 2.83. The van der Waals surface area contributed by atoms with Crippen LogP contribution in [-0.2, 0) is 0 Å². The van der Waals surface area contributed by atoms with Gasteiger partial charge in [0.25, 0.3) is 0 Å². The van der Waals surface area contributed by atoms with Crippen molar-refractivity contribution in [2.45, 2.75) is 13.8 Å². The molecule has 3 heterocycles. The first-order chi connectivity index (χ1) is 9.78. The van der Waals surface area contributed by atoms with Crippen molar-refractivity contribution in [1.29, 1.82) is 0 Å². The van der Waals surface area contributed by atoms with Gasteiger partial charge >= 0.3 is 0 Å². The summed E-state index contributed by atoms with van der Waals surface area (Å²) in [5.74, 6) is 2.18. The zero-order valence-electron chi connectivity index (χ0n) is 11.3. The third-order valence-corrected chi connectivity index (χ3v) is 2.83. The van der Waals surface area contributed by atoms with Crippen molar-refractivity contribution in [2.75, 3.05) is 6.61 Å². The van der Waals surface area contributed by atoms with Crippen LogP contribution < -0.4 is 4.74 Å². The predicted molar refractivity (Wildman–Crippen MR) is 72.2 cm³/mol. The number of pyridine rings is 1. The van der Waals surface area contributed by atoms with Gasteiger partial charge in [0.15, 0.2) is 5.82 Å². The fraction of sp³-hybridized carbons (Fsp3) is 0.231. The summed E-state index contributed by atoms with van der Waals surface area (Å²) in [6.45, 7) is 4.43. The van der Waals surface area contributed by atoms with Crippen LogP contribution in [0.3, 0.4) is 0 Å². The van der Waals surface area contributed by atoms with Crippen molar-refractivity contribution in [1.82, 2.24) is 29.5 Å². The van der Waals surface area contributed by atoms with Crippen molar-refractivity contribution < 1.29 is 4.74 Å². The number of rotatable bonds is 4. The van der Waals surface area contributed by atoms with E-state index < -0.39 is 0 Å². The Morgan fingerprint density at radius 1 is 1.25 bits per heavy atom. The number of hydrogen-bond acceptors (Lipinski definition) is 5. The molecule has 0 N–H and O–H groups in total. The van der Waals surface area contributed by atoms with Gasteiger partial charge in [-0.1, -0.05) is 5.21 Å². The lowest BCUT2D eigenvalue weighted by Crippen LogP contribution is -1.98. The molecule has 7 nitrogen and oxygen atoms in total. The summed E-state index contributed by atoms with van der Waals surface area (Å²) in [7, 11) is 0. The SMILES string of the molecule is CCOc1ccc(-n2cc(-n3ccnc3C)nn2)cn1. The van der Waals surface area contributed by atoms with E-state index in [1.165, 1.54) is 0 Å². The van der Waals surface area contributed by atoms with Gasteiger partial charge < -0.3 is 4.74 Å². The summed E-state index contributed by atoms with van der Waals surface area (Å²) in [4.78, 5) is 8.37. The first-order valence-corrected chi connectivity index (χ1v) is 6.30. The van der Waals surface area contributed by atoms with Crippen LogP contribution in [0, 0.1) is 6.92 Å². The standard InChI is InChI=1S/C13H14N6O/c1-3-20-13-5-4-11(8-15-13)19-9-12(16-17-19)18-7-6-14-10(18)2/h4-9H,3H2,1-2H3. The highest BCUT2D eigenvalue weighted by Crippen LogP contribution is 2.13. The van der Waals surface area contributed by atoms with Crippen LogP contribution in [0.4, 0.5) is 0 Å². The van der Waals surface area contributed by atoms with Gasteiger partial charge in [0.05, 0.1) is 24.7 Å². The van der Waals surface area contributed by atoms with E-state index in [1.54, 1.807) is 17.1 Å². The number of ether oxygens (including phenoxy) is 1. The van der Waals surface area contributed by atoms with E-state index in [2.05, 4.69) is 20.3 Å². The second-order valence-electron chi connectivity index (χ2n) is 4.15. The van der Waals surface area contributed by atoms with E-state index in [4.69, 9.17) is 4.74 Å². The molecule has 3 rings (SSSR count). The Bertz CT molecular complexity index is 700. The van der Waals surface area contributed by atoms with Gasteiger partial charge in [0.2, 0.25) is 5.88 Å². The summed E-state index contributed by atoms with van der Waals surface area (Å²) in [6.07, 6.45) is 7.10. The van der Waals surface area contributed by atoms with Crippen molar-refractivity contribution >= 4 is 0 Å². The average Bonchev–Trinajstić information content (AvgIpc) is 3.08. The van der Waals surface area contributed by atoms with Crippen molar-refractivity contribution in [3.63, 3.8) is 0 Å². The van der Waals surface area contributed by atoms with Crippen LogP contribution in [0.1, 0.15) is 12.7 Å². The monoisotopic (exact) mass is 270 g/mol. The molecule has 0 fully saturated rings. The minimum atomic E-state index is 0.597. The highest BCUT2D eigenvalue weighted by molar-refractivity contribution is 5.32. The van der Waals surface area contributed by atoms with E-state index in [-0.39, 0.29) is 0 Å². The predicted octanol–water partition coefficient (Wildman–Crippen LogP) is 1.56. The minimum Gasteiger partial charge on any atom is -0.478 e. The summed E-state index contributed by atoms with van der Waals surface area (Å²) >= 11 is 0. The lowest BCUT2D eigenvalue weighted by molar-refractivity contribution is 0.327. The summed E-state index contributed by atoms with van der Waals surface area (Å²) in [5.41, 5.74) is 0.824. The molecule has 102 valence electrons. The zero-order valence-corrected chi connectivity index (χ0v) is 11.3. The van der Waals surface area contributed by atoms with Crippen LogP contribution in [0.15, 0.2) is 36.9 Å². The molecule has 0 aliphatic rings. The molecular weight excluding hydrogens is 256 g/mol. The molecule has 7 heteroatoms. The largest absolute Gasteiger partial charge is 0.478 e. The van der Waals surface area contributed by atoms with E-state index >= 15 is 0 Å². The van der Waals surface area contributed by atoms with Crippen molar-refractivity contribution in [2.24, 2.45) is 0 Å². The van der Waals surface area contributed by atoms with E-state index in [0.717, 1.165) is 11.5 Å². The van der Waals surface area contributed by atoms with E-state index in [9.17, 15) is 0 Å². The lowest BCUT2D eigenvalue weighted by atomic mass is 10.4. The van der Waals surface area contributed by atoms with Gasteiger partial charge in [-0.3, -0.25) is 4.57 Å². The Hall–Kier alpha value is -2.70. The molecule has 0 aromatic carbocycles. The summed E-state index contributed by atoms with van der Waals surface area (Å²) in [5, 5.41) is 8.23. The number of imidazole rings is 1. The Labute approximate surface area is 115 Å². The highest BCUT2D eigenvalue weighted by Gasteiger charge is 2.07. The first kappa shape index (κ1) is 12.3. The van der Waals surface area contributed by atoms with Gasteiger partial charge in [0, 0.05) is 18.5 Å². The van der Waals surface area contributed by atoms with Gasteiger partial charge in [0.1, 0.15) is 5.82 Å². The summed E-state index contributed by atoms with van der Waals surface area (Å²) in [6, 6.07) is 3.69. The van der Waals surface area contributed by atoms with Crippen LogP contribution in [0.25, 0.3) is 11.5 Å². The maximum absolute atomic E-state index is 5.31. The molecule has 0 aliphatic heterocycles. The molecule has 3 aromatic heterocycles.